The Hall–Kier alpha value is -5.39. The van der Waals surface area contributed by atoms with Crippen molar-refractivity contribution >= 4 is 64.3 Å². The molecule has 15 nitrogen and oxygen atoms in total. The van der Waals surface area contributed by atoms with Gasteiger partial charge in [0.2, 0.25) is 0 Å². The molecule has 3 saturated heterocycles. The lowest BCUT2D eigenvalue weighted by atomic mass is 9.86. The molecule has 2 aromatic heterocycles. The summed E-state index contributed by atoms with van der Waals surface area (Å²) in [5.41, 5.74) is 6.78. The highest BCUT2D eigenvalue weighted by atomic mass is 35.5. The van der Waals surface area contributed by atoms with E-state index in [1.54, 1.807) is 35.5 Å². The van der Waals surface area contributed by atoms with E-state index < -0.39 is 18.0 Å². The summed E-state index contributed by atoms with van der Waals surface area (Å²) in [5, 5.41) is 13.6. The number of hydrogen-bond acceptors (Lipinski definition) is 10. The predicted octanol–water partition coefficient (Wildman–Crippen LogP) is 5.79. The van der Waals surface area contributed by atoms with Crippen LogP contribution in [0.25, 0.3) is 5.65 Å². The number of benzene rings is 2. The minimum Gasteiger partial charge on any atom is -0.385 e. The molecule has 6 heterocycles. The molecule has 0 radical (unpaired) electrons. The second-order valence-electron chi connectivity index (χ2n) is 17.4. The Morgan fingerprint density at radius 1 is 0.953 bits per heavy atom. The second kappa shape index (κ2) is 19.0. The highest BCUT2D eigenvalue weighted by molar-refractivity contribution is 6.32. The van der Waals surface area contributed by atoms with Crippen LogP contribution < -0.4 is 25.8 Å². The fourth-order valence-electron chi connectivity index (χ4n) is 10.3. The maximum atomic E-state index is 16.1. The molecule has 4 aliphatic rings. The third-order valence-corrected chi connectivity index (χ3v) is 14.2. The Morgan fingerprint density at radius 2 is 1.70 bits per heavy atom. The van der Waals surface area contributed by atoms with Gasteiger partial charge in [0.1, 0.15) is 6.29 Å². The third kappa shape index (κ3) is 8.85. The smallest absolute Gasteiger partial charge is 0.321 e. The number of piperidine rings is 3. The first-order valence-electron chi connectivity index (χ1n) is 22.4. The molecule has 3 N–H and O–H groups in total. The van der Waals surface area contributed by atoms with Crippen molar-refractivity contribution in [3.63, 3.8) is 0 Å². The van der Waals surface area contributed by atoms with Gasteiger partial charge in [-0.3, -0.25) is 24.3 Å². The molecule has 0 spiro atoms. The number of alkyl halides is 2. The van der Waals surface area contributed by atoms with Crippen LogP contribution in [-0.2, 0) is 17.6 Å². The first kappa shape index (κ1) is 45.2. The summed E-state index contributed by atoms with van der Waals surface area (Å²) in [5.74, 6) is -2.25. The van der Waals surface area contributed by atoms with Crippen LogP contribution in [0.3, 0.4) is 0 Å². The lowest BCUT2D eigenvalue weighted by Crippen LogP contribution is -2.62. The van der Waals surface area contributed by atoms with Gasteiger partial charge in [-0.1, -0.05) is 23.7 Å². The predicted molar refractivity (Wildman–Crippen MR) is 244 cm³/mol. The Labute approximate surface area is 377 Å². The van der Waals surface area contributed by atoms with E-state index in [9.17, 15) is 19.2 Å². The number of nitrogens with one attached hydrogen (secondary N) is 3. The number of carbonyl (C=O) groups excluding carboxylic acids is 4. The van der Waals surface area contributed by atoms with Crippen LogP contribution in [0.5, 0.6) is 0 Å². The van der Waals surface area contributed by atoms with Gasteiger partial charge >= 0.3 is 6.03 Å². The molecule has 0 saturated carbocycles. The average molecular weight is 902 g/mol. The maximum absolute atomic E-state index is 16.1. The van der Waals surface area contributed by atoms with Crippen molar-refractivity contribution in [1.82, 2.24) is 39.9 Å². The van der Waals surface area contributed by atoms with Crippen LogP contribution >= 0.6 is 11.6 Å². The number of urea groups is 1. The number of rotatable bonds is 12. The van der Waals surface area contributed by atoms with Crippen molar-refractivity contribution < 1.29 is 28.0 Å². The summed E-state index contributed by atoms with van der Waals surface area (Å²) in [7, 11) is 4.90. The van der Waals surface area contributed by atoms with Gasteiger partial charge in [-0.15, -0.1) is 5.10 Å². The molecule has 4 amide bonds. The Kier molecular flexibility index (Phi) is 13.4. The van der Waals surface area contributed by atoms with Crippen LogP contribution in [0.15, 0.2) is 42.6 Å². The first-order valence-corrected chi connectivity index (χ1v) is 22.8. The number of aromatic nitrogens is 3. The highest BCUT2D eigenvalue weighted by Gasteiger charge is 2.49. The van der Waals surface area contributed by atoms with Crippen LogP contribution in [0.4, 0.5) is 36.5 Å². The van der Waals surface area contributed by atoms with Crippen LogP contribution in [0.2, 0.25) is 5.02 Å². The first-order chi connectivity index (χ1) is 30.8. The summed E-state index contributed by atoms with van der Waals surface area (Å²) in [6.45, 7) is 5.07. The lowest BCUT2D eigenvalue weighted by molar-refractivity contribution is -0.141. The Bertz CT molecular complexity index is 2400. The van der Waals surface area contributed by atoms with Gasteiger partial charge in [0, 0.05) is 88.7 Å². The van der Waals surface area contributed by atoms with E-state index >= 15 is 8.78 Å². The number of carbonyl (C=O) groups is 4. The number of fused-ring (bicyclic) bond motifs is 2. The van der Waals surface area contributed by atoms with Crippen molar-refractivity contribution in [1.29, 1.82) is 0 Å². The minimum absolute atomic E-state index is 0.0515. The molecule has 342 valence electrons. The lowest BCUT2D eigenvalue weighted by Gasteiger charge is -2.48. The van der Waals surface area contributed by atoms with Gasteiger partial charge in [0.05, 0.1) is 30.2 Å². The van der Waals surface area contributed by atoms with E-state index in [0.717, 1.165) is 55.7 Å². The number of amides is 4. The Balaban J connectivity index is 0.849. The van der Waals surface area contributed by atoms with E-state index in [-0.39, 0.29) is 37.4 Å². The normalized spacial score (nSPS) is 19.7. The molecular formula is C46H58ClF2N11O4. The number of anilines is 4. The highest BCUT2D eigenvalue weighted by Crippen LogP contribution is 2.40. The topological polar surface area (TPSA) is 151 Å². The summed E-state index contributed by atoms with van der Waals surface area (Å²) < 4.78 is 33.9. The van der Waals surface area contributed by atoms with Crippen molar-refractivity contribution in [3.8, 4) is 0 Å². The van der Waals surface area contributed by atoms with Crippen molar-refractivity contribution in [2.45, 2.75) is 76.3 Å². The van der Waals surface area contributed by atoms with Gasteiger partial charge in [-0.2, -0.15) is 0 Å². The molecule has 4 aromatic rings. The molecule has 4 aliphatic heterocycles. The maximum Gasteiger partial charge on any atom is 0.321 e. The van der Waals surface area contributed by atoms with Crippen molar-refractivity contribution in [2.75, 3.05) is 88.6 Å². The fraction of sp³-hybridized carbons (Fsp3) is 0.522. The van der Waals surface area contributed by atoms with Crippen LogP contribution in [-0.4, -0.2) is 145 Å². The van der Waals surface area contributed by atoms with Gasteiger partial charge in [0.15, 0.2) is 17.2 Å². The van der Waals surface area contributed by atoms with E-state index in [1.165, 1.54) is 29.3 Å². The molecule has 1 atom stereocenters. The van der Waals surface area contributed by atoms with Crippen molar-refractivity contribution in [3.05, 3.63) is 75.6 Å². The molecule has 64 heavy (non-hydrogen) atoms. The van der Waals surface area contributed by atoms with Crippen LogP contribution in [0, 0.1) is 12.8 Å². The van der Waals surface area contributed by atoms with E-state index in [2.05, 4.69) is 44.0 Å². The SMILES string of the molecule is CNC(=O)c1cnc2c(NC)cc(N3CCc4c(CC5CCN(C6CCN(C7CCN(C(=O)c8cc(Cl)c(C)c(N(CCC=O)C(=O)NC)c8)CC7)CC6(F)F)CC5)cccc43)nn12. The number of hydrogen-bond donors (Lipinski definition) is 3. The number of aldehydes is 1. The standard InChI is InChI=1S/C46H58ClF2N11O4/c1-29-35(47)24-32(25-38(29)59(15-6-22-61)45(64)52-4)44(63)56-18-11-33(12-19-56)57-20-14-40(46(48,49)28-57)55-16-9-30(10-17-55)23-31-7-5-8-37-34(31)13-21-58(37)41-26-36(50-2)42-53-27-39(43(62)51-3)60(42)54-41/h5,7-8,22,24-27,30,33,40,50H,6,9-21,23,28H2,1-4H3,(H,51,62)(H,52,64). The molecule has 0 bridgehead atoms. The number of likely N-dealkylation sites (tertiary alicyclic amines) is 3. The van der Waals surface area contributed by atoms with Crippen molar-refractivity contribution in [2.24, 2.45) is 5.92 Å². The average Bonchev–Trinajstić information content (AvgIpc) is 3.95. The Morgan fingerprint density at radius 3 is 2.39 bits per heavy atom. The number of nitrogens with zero attached hydrogens (tertiary/aromatic N) is 8. The quantitative estimate of drug-likeness (QED) is 0.149. The molecule has 0 aliphatic carbocycles. The monoisotopic (exact) mass is 901 g/mol. The molecule has 1 unspecified atom stereocenters. The summed E-state index contributed by atoms with van der Waals surface area (Å²) in [4.78, 5) is 63.9. The zero-order valence-electron chi connectivity index (χ0n) is 37.0. The van der Waals surface area contributed by atoms with Gasteiger partial charge in [0.25, 0.3) is 17.7 Å². The van der Waals surface area contributed by atoms with Gasteiger partial charge in [-0.05, 0) is 106 Å². The van der Waals surface area contributed by atoms with Gasteiger partial charge in [-0.25, -0.2) is 23.1 Å². The molecular weight excluding hydrogens is 844 g/mol. The van der Waals surface area contributed by atoms with Crippen LogP contribution in [0.1, 0.15) is 76.1 Å². The van der Waals surface area contributed by atoms with E-state index in [4.69, 9.17) is 16.7 Å². The zero-order valence-corrected chi connectivity index (χ0v) is 37.8. The van der Waals surface area contributed by atoms with E-state index in [0.29, 0.717) is 91.1 Å². The molecule has 3 fully saturated rings. The summed E-state index contributed by atoms with van der Waals surface area (Å²) in [6, 6.07) is 10.3. The summed E-state index contributed by atoms with van der Waals surface area (Å²) in [6.07, 6.45) is 7.42. The third-order valence-electron chi connectivity index (χ3n) is 13.8. The largest absolute Gasteiger partial charge is 0.385 e. The zero-order chi connectivity index (χ0) is 45.3. The van der Waals surface area contributed by atoms with Gasteiger partial charge < -0.3 is 30.5 Å². The number of halogens is 3. The minimum atomic E-state index is -2.86. The molecule has 18 heteroatoms. The number of imidazole rings is 1. The van der Waals surface area contributed by atoms with E-state index in [1.807, 2.05) is 22.9 Å². The fourth-order valence-corrected chi connectivity index (χ4v) is 10.5. The summed E-state index contributed by atoms with van der Waals surface area (Å²) >= 11 is 6.56. The molecule has 8 rings (SSSR count). The second-order valence-corrected chi connectivity index (χ2v) is 17.9. The molecule has 2 aromatic carbocycles.